The number of ketones is 1. The molecule has 0 radical (unpaired) electrons. The van der Waals surface area contributed by atoms with Crippen molar-refractivity contribution in [2.75, 3.05) is 6.61 Å². The summed E-state index contributed by atoms with van der Waals surface area (Å²) in [7, 11) is 0. The number of ether oxygens (including phenoxy) is 1. The quantitative estimate of drug-likeness (QED) is 0.217. The molecule has 0 unspecified atom stereocenters. The Balaban J connectivity index is 1.33. The van der Waals surface area contributed by atoms with E-state index in [1.54, 1.807) is 18.2 Å². The van der Waals surface area contributed by atoms with Crippen LogP contribution in [0.15, 0.2) is 29.8 Å². The number of carbonyl (C=O) groups is 1. The number of phenolic OH excluding ortho intramolecular Hbond substituents is 1. The molecule has 260 valence electrons. The van der Waals surface area contributed by atoms with Gasteiger partial charge in [-0.15, -0.1) is 0 Å². The number of aliphatic hydroxyl groups excluding tert-OH is 3. The number of fused-ring (bicyclic) bond motifs is 2. The van der Waals surface area contributed by atoms with Gasteiger partial charge in [-0.3, -0.25) is 4.79 Å². The van der Waals surface area contributed by atoms with Crippen molar-refractivity contribution in [3.63, 3.8) is 0 Å². The number of aliphatic hydroxyl groups is 5. The lowest BCUT2D eigenvalue weighted by atomic mass is 9.39. The van der Waals surface area contributed by atoms with E-state index in [0.717, 1.165) is 29.5 Å². The summed E-state index contributed by atoms with van der Waals surface area (Å²) >= 11 is 0. The zero-order valence-corrected chi connectivity index (χ0v) is 28.8. The zero-order chi connectivity index (χ0) is 33.9. The molecule has 5 aliphatic carbocycles. The third kappa shape index (κ3) is 4.43. The van der Waals surface area contributed by atoms with E-state index in [9.17, 15) is 35.4 Å². The normalized spacial score (nSPS) is 45.6. The number of hydrogen-bond donors (Lipinski definition) is 6. The first-order chi connectivity index (χ1) is 22.1. The number of phenols is 1. The van der Waals surface area contributed by atoms with Crippen molar-refractivity contribution in [1.82, 2.24) is 0 Å². The van der Waals surface area contributed by atoms with Crippen LogP contribution in [0.1, 0.15) is 97.1 Å². The molecule has 1 spiro atoms. The smallest absolute Gasteiger partial charge is 0.159 e. The molecule has 6 aliphatic rings. The van der Waals surface area contributed by atoms with Crippen LogP contribution in [0.25, 0.3) is 0 Å². The number of rotatable bonds is 9. The molecule has 0 aromatic heterocycles. The van der Waals surface area contributed by atoms with Crippen LogP contribution in [0.3, 0.4) is 0 Å². The molecule has 1 aromatic rings. The SMILES string of the molecule is CC(C)[C@@H](C)[C@@H]1O[C@H]1[C@](C)(O)[C@H]1CC[C@@]2(O)C3=CC(=O)[C@@H]4C[C@@H](O)[C@@H](O)[C@@H]5CC[C@@]3(CC[C@]12CCc1cc(O)ccc1CCO)[C@]45C. The molecule has 8 heteroatoms. The van der Waals surface area contributed by atoms with Crippen molar-refractivity contribution in [2.24, 2.45) is 45.8 Å². The standard InChI is InChI=1S/C39H56O8/c1-21(2)22(3)33-34(47-33)36(5,45)30-10-14-39(46)31-20-28(42)27-19-29(43)32(44)26-9-13-37(31,35(26,27)4)15-16-38(30,39)12-8-24-18-25(41)7-6-23(24)11-17-40/h6-7,18,20-22,26-27,29-30,32-34,40-41,43-46H,8-17,19H2,1-5H3/t22-,26+,27+,29-,30-,32+,33+,34-,35+,36-,37+,38-,39-/m1/s1. The molecular weight excluding hydrogens is 596 g/mol. The van der Waals surface area contributed by atoms with Crippen LogP contribution in [0.2, 0.25) is 0 Å². The number of aromatic hydroxyl groups is 1. The highest BCUT2D eigenvalue weighted by atomic mass is 16.6. The molecular formula is C39H56O8. The fourth-order valence-electron chi connectivity index (χ4n) is 12.5. The first kappa shape index (κ1) is 33.7. The first-order valence-corrected chi connectivity index (χ1v) is 18.2. The second-order valence-electron chi connectivity index (χ2n) is 17.2. The summed E-state index contributed by atoms with van der Waals surface area (Å²) in [5.41, 5.74) is -1.75. The van der Waals surface area contributed by atoms with Crippen LogP contribution in [0.4, 0.5) is 0 Å². The Morgan fingerprint density at radius 2 is 1.79 bits per heavy atom. The minimum Gasteiger partial charge on any atom is -0.508 e. The van der Waals surface area contributed by atoms with Crippen molar-refractivity contribution in [3.05, 3.63) is 41.0 Å². The Bertz CT molecular complexity index is 1450. The number of epoxide rings is 1. The summed E-state index contributed by atoms with van der Waals surface area (Å²) in [4.78, 5) is 14.1. The van der Waals surface area contributed by atoms with Crippen LogP contribution >= 0.6 is 0 Å². The lowest BCUT2D eigenvalue weighted by Gasteiger charge is -2.66. The minimum atomic E-state index is -1.36. The fraction of sp³-hybridized carbons (Fsp3) is 0.769. The van der Waals surface area contributed by atoms with Crippen molar-refractivity contribution in [1.29, 1.82) is 0 Å². The first-order valence-electron chi connectivity index (χ1n) is 18.2. The summed E-state index contributed by atoms with van der Waals surface area (Å²) in [5.74, 6) is -0.185. The maximum atomic E-state index is 14.1. The van der Waals surface area contributed by atoms with Gasteiger partial charge in [0.2, 0.25) is 0 Å². The largest absolute Gasteiger partial charge is 0.508 e. The molecule has 0 bridgehead atoms. The lowest BCUT2D eigenvalue weighted by molar-refractivity contribution is -0.193. The number of carbonyl (C=O) groups excluding carboxylic acids is 1. The van der Waals surface area contributed by atoms with Crippen LogP contribution in [-0.2, 0) is 22.4 Å². The fourth-order valence-corrected chi connectivity index (χ4v) is 12.5. The highest BCUT2D eigenvalue weighted by molar-refractivity contribution is 5.95. The van der Waals surface area contributed by atoms with Gasteiger partial charge in [0.05, 0.1) is 29.5 Å². The monoisotopic (exact) mass is 652 g/mol. The Hall–Kier alpha value is -1.81. The van der Waals surface area contributed by atoms with Crippen LogP contribution in [0, 0.1) is 45.8 Å². The maximum Gasteiger partial charge on any atom is 0.159 e. The van der Waals surface area contributed by atoms with Crippen molar-refractivity contribution < 1.29 is 40.2 Å². The molecule has 8 nitrogen and oxygen atoms in total. The number of aryl methyl sites for hydroxylation is 1. The molecule has 6 N–H and O–H groups in total. The maximum absolute atomic E-state index is 14.1. The van der Waals surface area contributed by atoms with E-state index >= 15 is 0 Å². The Morgan fingerprint density at radius 3 is 2.49 bits per heavy atom. The third-order valence-corrected chi connectivity index (χ3v) is 15.4. The Kier molecular flexibility index (Phi) is 7.95. The van der Waals surface area contributed by atoms with E-state index in [2.05, 4.69) is 27.7 Å². The van der Waals surface area contributed by atoms with E-state index in [0.29, 0.717) is 50.9 Å². The van der Waals surface area contributed by atoms with Gasteiger partial charge in [0.25, 0.3) is 0 Å². The predicted molar refractivity (Wildman–Crippen MR) is 176 cm³/mol. The predicted octanol–water partition coefficient (Wildman–Crippen LogP) is 4.24. The van der Waals surface area contributed by atoms with Crippen molar-refractivity contribution in [2.45, 2.75) is 134 Å². The average Bonchev–Trinajstić information content (AvgIpc) is 3.69. The van der Waals surface area contributed by atoms with Gasteiger partial charge in [0.1, 0.15) is 11.9 Å². The third-order valence-electron chi connectivity index (χ3n) is 15.4. The van der Waals surface area contributed by atoms with Gasteiger partial charge < -0.3 is 35.4 Å². The van der Waals surface area contributed by atoms with E-state index in [4.69, 9.17) is 4.74 Å². The summed E-state index contributed by atoms with van der Waals surface area (Å²) < 4.78 is 6.27. The summed E-state index contributed by atoms with van der Waals surface area (Å²) in [6.07, 6.45) is 5.09. The van der Waals surface area contributed by atoms with Crippen molar-refractivity contribution in [3.8, 4) is 5.75 Å². The summed E-state index contributed by atoms with van der Waals surface area (Å²) in [5, 5.41) is 68.3. The van der Waals surface area contributed by atoms with Gasteiger partial charge in [-0.05, 0) is 135 Å². The van der Waals surface area contributed by atoms with E-state index in [-0.39, 0.29) is 54.5 Å². The Labute approximate surface area is 279 Å². The topological polar surface area (TPSA) is 151 Å². The highest BCUT2D eigenvalue weighted by Gasteiger charge is 2.78. The summed E-state index contributed by atoms with van der Waals surface area (Å²) in [6, 6.07) is 5.24. The number of hydrogen-bond acceptors (Lipinski definition) is 8. The van der Waals surface area contributed by atoms with E-state index in [1.165, 1.54) is 0 Å². The van der Waals surface area contributed by atoms with Gasteiger partial charge in [-0.1, -0.05) is 33.8 Å². The number of allylic oxidation sites excluding steroid dienone is 1. The minimum absolute atomic E-state index is 0.0163. The molecule has 13 atom stereocenters. The molecule has 4 saturated carbocycles. The molecule has 1 saturated heterocycles. The second-order valence-corrected chi connectivity index (χ2v) is 17.2. The molecule has 1 aliphatic heterocycles. The van der Waals surface area contributed by atoms with Crippen LogP contribution < -0.4 is 0 Å². The van der Waals surface area contributed by atoms with Gasteiger partial charge in [-0.2, -0.15) is 0 Å². The van der Waals surface area contributed by atoms with Crippen LogP contribution in [-0.4, -0.2) is 78.6 Å². The second kappa shape index (κ2) is 11.1. The number of benzene rings is 1. The van der Waals surface area contributed by atoms with Gasteiger partial charge in [0.15, 0.2) is 5.78 Å². The molecule has 7 rings (SSSR count). The molecule has 47 heavy (non-hydrogen) atoms. The van der Waals surface area contributed by atoms with Crippen LogP contribution in [0.5, 0.6) is 5.75 Å². The highest BCUT2D eigenvalue weighted by Crippen LogP contribution is 2.78. The van der Waals surface area contributed by atoms with E-state index < -0.39 is 45.6 Å². The average molecular weight is 653 g/mol. The zero-order valence-electron chi connectivity index (χ0n) is 28.8. The molecule has 0 amide bonds. The van der Waals surface area contributed by atoms with Crippen molar-refractivity contribution >= 4 is 5.78 Å². The lowest BCUT2D eigenvalue weighted by Crippen LogP contribution is -2.67. The van der Waals surface area contributed by atoms with Gasteiger partial charge in [-0.25, -0.2) is 0 Å². The van der Waals surface area contributed by atoms with E-state index in [1.807, 2.05) is 13.0 Å². The molecule has 1 aromatic carbocycles. The summed E-state index contributed by atoms with van der Waals surface area (Å²) in [6.45, 7) is 10.5. The Morgan fingerprint density at radius 1 is 1.04 bits per heavy atom. The molecule has 5 fully saturated rings. The van der Waals surface area contributed by atoms with Gasteiger partial charge >= 0.3 is 0 Å². The molecule has 1 heterocycles. The van der Waals surface area contributed by atoms with Gasteiger partial charge in [0, 0.05) is 23.4 Å².